The van der Waals surface area contributed by atoms with Crippen LogP contribution in [-0.2, 0) is 9.59 Å². The van der Waals surface area contributed by atoms with Crippen LogP contribution in [0.5, 0.6) is 0 Å². The van der Waals surface area contributed by atoms with Crippen LogP contribution in [0.25, 0.3) is 10.9 Å². The van der Waals surface area contributed by atoms with Crippen molar-refractivity contribution in [3.8, 4) is 0 Å². The summed E-state index contributed by atoms with van der Waals surface area (Å²) < 4.78 is 13.4. The number of halogens is 2. The zero-order chi connectivity index (χ0) is 23.8. The van der Waals surface area contributed by atoms with Gasteiger partial charge in [0.05, 0.1) is 16.7 Å². The third-order valence-corrected chi connectivity index (χ3v) is 4.71. The second kappa shape index (κ2) is 11.3. The van der Waals surface area contributed by atoms with Crippen LogP contribution in [0.4, 0.5) is 21.7 Å². The summed E-state index contributed by atoms with van der Waals surface area (Å²) in [6.07, 6.45) is 5.95. The fourth-order valence-corrected chi connectivity index (χ4v) is 3.00. The molecule has 2 heterocycles. The molecular formula is C22H23ClFN7O2. The maximum absolute atomic E-state index is 13.4. The molecule has 0 aliphatic rings. The average molecular weight is 472 g/mol. The SMILES string of the molecule is CN(C)CCCNC(=O)C=CC(=O)Nc1cc2c(Nc3ccc(F)c(Cl)c3)ncnc2cn1. The second-order valence-corrected chi connectivity index (χ2v) is 7.74. The van der Waals surface area contributed by atoms with Crippen LogP contribution < -0.4 is 16.0 Å². The third-order valence-electron chi connectivity index (χ3n) is 4.42. The molecule has 2 aromatic heterocycles. The topological polar surface area (TPSA) is 112 Å². The Kier molecular flexibility index (Phi) is 8.22. The van der Waals surface area contributed by atoms with Crippen molar-refractivity contribution in [3.63, 3.8) is 0 Å². The first-order valence-corrected chi connectivity index (χ1v) is 10.4. The highest BCUT2D eigenvalue weighted by Crippen LogP contribution is 2.26. The van der Waals surface area contributed by atoms with E-state index >= 15 is 0 Å². The highest BCUT2D eigenvalue weighted by Gasteiger charge is 2.09. The Morgan fingerprint density at radius 1 is 1.12 bits per heavy atom. The summed E-state index contributed by atoms with van der Waals surface area (Å²) in [7, 11) is 3.91. The molecule has 9 nitrogen and oxygen atoms in total. The maximum atomic E-state index is 13.4. The van der Waals surface area contributed by atoms with Gasteiger partial charge in [-0.1, -0.05) is 11.6 Å². The Labute approximate surface area is 195 Å². The summed E-state index contributed by atoms with van der Waals surface area (Å²) >= 11 is 5.84. The lowest BCUT2D eigenvalue weighted by Gasteiger charge is -2.10. The number of nitrogens with one attached hydrogen (secondary N) is 3. The number of carbonyl (C=O) groups excluding carboxylic acids is 2. The van der Waals surface area contributed by atoms with Gasteiger partial charge in [-0.2, -0.15) is 0 Å². The normalized spacial score (nSPS) is 11.2. The quantitative estimate of drug-likeness (QED) is 0.324. The number of fused-ring (bicyclic) bond motifs is 1. The molecule has 172 valence electrons. The smallest absolute Gasteiger partial charge is 0.249 e. The first kappa shape index (κ1) is 24.0. The van der Waals surface area contributed by atoms with Crippen LogP contribution >= 0.6 is 11.6 Å². The number of aromatic nitrogens is 3. The number of carbonyl (C=O) groups is 2. The van der Waals surface area contributed by atoms with Gasteiger partial charge < -0.3 is 20.9 Å². The standard InChI is InChI=1S/C22H23ClFN7O2/c1-31(2)9-3-8-25-20(32)6-7-21(33)30-19-11-15-18(12-26-19)27-13-28-22(15)29-14-4-5-17(24)16(23)10-14/h4-7,10-13H,3,8-9H2,1-2H3,(H,25,32)(H,26,30,33)(H,27,28,29). The number of rotatable bonds is 9. The van der Waals surface area contributed by atoms with Crippen molar-refractivity contribution in [2.45, 2.75) is 6.42 Å². The van der Waals surface area contributed by atoms with Crippen molar-refractivity contribution in [1.82, 2.24) is 25.2 Å². The Bertz CT molecular complexity index is 1190. The molecule has 0 saturated carbocycles. The minimum Gasteiger partial charge on any atom is -0.353 e. The first-order valence-electron chi connectivity index (χ1n) is 10.1. The molecule has 0 bridgehead atoms. The Balaban J connectivity index is 1.66. The summed E-state index contributed by atoms with van der Waals surface area (Å²) in [6, 6.07) is 5.79. The number of nitrogens with zero attached hydrogens (tertiary/aromatic N) is 4. The van der Waals surface area contributed by atoms with Crippen molar-refractivity contribution in [1.29, 1.82) is 0 Å². The van der Waals surface area contributed by atoms with Gasteiger partial charge in [0.15, 0.2) is 0 Å². The van der Waals surface area contributed by atoms with E-state index in [2.05, 4.69) is 30.9 Å². The van der Waals surface area contributed by atoms with Gasteiger partial charge in [-0.3, -0.25) is 9.59 Å². The maximum Gasteiger partial charge on any atom is 0.249 e. The van der Waals surface area contributed by atoms with Crippen molar-refractivity contribution >= 4 is 51.6 Å². The van der Waals surface area contributed by atoms with E-state index in [4.69, 9.17) is 11.6 Å². The molecule has 3 rings (SSSR count). The lowest BCUT2D eigenvalue weighted by molar-refractivity contribution is -0.117. The fraction of sp³-hybridized carbons (Fsp3) is 0.227. The molecule has 0 aliphatic heterocycles. The zero-order valence-corrected chi connectivity index (χ0v) is 18.9. The molecule has 0 aliphatic carbocycles. The minimum atomic E-state index is -0.528. The van der Waals surface area contributed by atoms with Crippen LogP contribution in [0.15, 0.2) is 48.9 Å². The monoisotopic (exact) mass is 471 g/mol. The summed E-state index contributed by atoms with van der Waals surface area (Å²) in [5.74, 6) is -0.721. The molecule has 0 saturated heterocycles. The molecule has 0 fully saturated rings. The number of anilines is 3. The van der Waals surface area contributed by atoms with E-state index in [1.165, 1.54) is 36.8 Å². The van der Waals surface area contributed by atoms with E-state index in [-0.39, 0.29) is 16.7 Å². The molecule has 1 aromatic carbocycles. The predicted octanol–water partition coefficient (Wildman–Crippen LogP) is 3.12. The Hall–Kier alpha value is -3.63. The van der Waals surface area contributed by atoms with Crippen LogP contribution in [0, 0.1) is 5.82 Å². The number of pyridine rings is 1. The average Bonchev–Trinajstić information content (AvgIpc) is 2.78. The van der Waals surface area contributed by atoms with E-state index in [1.807, 2.05) is 19.0 Å². The van der Waals surface area contributed by atoms with Crippen LogP contribution in [0.1, 0.15) is 6.42 Å². The molecule has 33 heavy (non-hydrogen) atoms. The van der Waals surface area contributed by atoms with Crippen LogP contribution in [0.3, 0.4) is 0 Å². The summed E-state index contributed by atoms with van der Waals surface area (Å²) in [5, 5.41) is 8.92. The van der Waals surface area contributed by atoms with Gasteiger partial charge in [0.2, 0.25) is 11.8 Å². The van der Waals surface area contributed by atoms with Gasteiger partial charge in [-0.25, -0.2) is 19.3 Å². The third kappa shape index (κ3) is 7.19. The van der Waals surface area contributed by atoms with Crippen molar-refractivity contribution in [2.24, 2.45) is 0 Å². The fourth-order valence-electron chi connectivity index (χ4n) is 2.82. The molecule has 0 unspecified atom stereocenters. The van der Waals surface area contributed by atoms with Crippen molar-refractivity contribution in [2.75, 3.05) is 37.8 Å². The van der Waals surface area contributed by atoms with Gasteiger partial charge in [0, 0.05) is 29.8 Å². The van der Waals surface area contributed by atoms with E-state index in [1.54, 1.807) is 6.07 Å². The second-order valence-electron chi connectivity index (χ2n) is 7.33. The van der Waals surface area contributed by atoms with Gasteiger partial charge in [-0.15, -0.1) is 0 Å². The summed E-state index contributed by atoms with van der Waals surface area (Å²) in [4.78, 5) is 38.6. The largest absolute Gasteiger partial charge is 0.353 e. The van der Waals surface area contributed by atoms with Crippen molar-refractivity contribution < 1.29 is 14.0 Å². The predicted molar refractivity (Wildman–Crippen MR) is 126 cm³/mol. The number of amides is 2. The zero-order valence-electron chi connectivity index (χ0n) is 18.1. The highest BCUT2D eigenvalue weighted by atomic mass is 35.5. The van der Waals surface area contributed by atoms with E-state index in [0.29, 0.717) is 29.0 Å². The molecule has 11 heteroatoms. The number of hydrogen-bond acceptors (Lipinski definition) is 7. The van der Waals surface area contributed by atoms with Crippen LogP contribution in [-0.4, -0.2) is 58.9 Å². The Morgan fingerprint density at radius 3 is 2.67 bits per heavy atom. The molecule has 3 N–H and O–H groups in total. The molecule has 0 spiro atoms. The van der Waals surface area contributed by atoms with Gasteiger partial charge in [0.1, 0.15) is 23.8 Å². The van der Waals surface area contributed by atoms with Gasteiger partial charge in [0.25, 0.3) is 0 Å². The Morgan fingerprint density at radius 2 is 1.91 bits per heavy atom. The van der Waals surface area contributed by atoms with E-state index in [0.717, 1.165) is 19.0 Å². The number of hydrogen-bond donors (Lipinski definition) is 3. The molecule has 0 radical (unpaired) electrons. The molecule has 0 atom stereocenters. The summed E-state index contributed by atoms with van der Waals surface area (Å²) in [5.41, 5.74) is 1.06. The first-order chi connectivity index (χ1) is 15.8. The lowest BCUT2D eigenvalue weighted by Crippen LogP contribution is -2.25. The highest BCUT2D eigenvalue weighted by molar-refractivity contribution is 6.31. The molecular weight excluding hydrogens is 449 g/mol. The van der Waals surface area contributed by atoms with Crippen LogP contribution in [0.2, 0.25) is 5.02 Å². The minimum absolute atomic E-state index is 0.0264. The van der Waals surface area contributed by atoms with E-state index in [9.17, 15) is 14.0 Å². The number of benzene rings is 1. The lowest BCUT2D eigenvalue weighted by atomic mass is 10.2. The molecule has 3 aromatic rings. The molecule has 2 amide bonds. The van der Waals surface area contributed by atoms with Gasteiger partial charge in [-0.05, 0) is 51.3 Å². The summed E-state index contributed by atoms with van der Waals surface area (Å²) in [6.45, 7) is 1.37. The van der Waals surface area contributed by atoms with Crippen molar-refractivity contribution in [3.05, 3.63) is 59.8 Å². The van der Waals surface area contributed by atoms with Gasteiger partial charge >= 0.3 is 0 Å². The van der Waals surface area contributed by atoms with E-state index < -0.39 is 11.7 Å².